The van der Waals surface area contributed by atoms with Crippen LogP contribution in [0.5, 0.6) is 0 Å². The lowest BCUT2D eigenvalue weighted by atomic mass is 10.1. The molecular formula is C20H17ClN4O2S. The summed E-state index contributed by atoms with van der Waals surface area (Å²) in [5, 5.41) is 10.9. The van der Waals surface area contributed by atoms with Crippen LogP contribution in [-0.2, 0) is 9.59 Å². The Labute approximate surface area is 171 Å². The largest absolute Gasteiger partial charge is 0.324 e. The molecule has 0 spiro atoms. The maximum Gasteiger partial charge on any atom is 0.249 e. The molecule has 8 heteroatoms. The van der Waals surface area contributed by atoms with E-state index in [4.69, 9.17) is 11.6 Å². The number of carbonyl (C=O) groups is 2. The first-order valence-electron chi connectivity index (χ1n) is 8.64. The SMILES string of the molecule is CSc1cccc(NC(=O)[C@H]2CC(=O)Nc3cc(-c4ccc(Cl)cc4)nn32)c1. The van der Waals surface area contributed by atoms with E-state index >= 15 is 0 Å². The van der Waals surface area contributed by atoms with E-state index in [0.717, 1.165) is 10.5 Å². The van der Waals surface area contributed by atoms with Gasteiger partial charge in [-0.15, -0.1) is 11.8 Å². The number of nitrogens with one attached hydrogen (secondary N) is 2. The van der Waals surface area contributed by atoms with Crippen LogP contribution >= 0.6 is 23.4 Å². The van der Waals surface area contributed by atoms with Crippen molar-refractivity contribution >= 4 is 46.7 Å². The normalized spacial score (nSPS) is 15.6. The van der Waals surface area contributed by atoms with Crippen molar-refractivity contribution in [1.29, 1.82) is 0 Å². The molecule has 0 bridgehead atoms. The number of thioether (sulfide) groups is 1. The van der Waals surface area contributed by atoms with Crippen molar-refractivity contribution in [2.45, 2.75) is 17.4 Å². The van der Waals surface area contributed by atoms with E-state index in [0.29, 0.717) is 22.2 Å². The Morgan fingerprint density at radius 3 is 2.79 bits per heavy atom. The van der Waals surface area contributed by atoms with Gasteiger partial charge < -0.3 is 10.6 Å². The van der Waals surface area contributed by atoms with Crippen LogP contribution in [0.1, 0.15) is 12.5 Å². The van der Waals surface area contributed by atoms with Gasteiger partial charge in [-0.25, -0.2) is 4.68 Å². The Hall–Kier alpha value is -2.77. The van der Waals surface area contributed by atoms with E-state index in [1.54, 1.807) is 34.6 Å². The first-order valence-corrected chi connectivity index (χ1v) is 10.2. The number of anilines is 2. The third kappa shape index (κ3) is 3.76. The predicted octanol–water partition coefficient (Wildman–Crippen LogP) is 4.45. The van der Waals surface area contributed by atoms with Crippen molar-refractivity contribution in [2.24, 2.45) is 0 Å². The van der Waals surface area contributed by atoms with Crippen molar-refractivity contribution in [3.05, 3.63) is 59.6 Å². The van der Waals surface area contributed by atoms with Gasteiger partial charge in [0.1, 0.15) is 11.9 Å². The first kappa shape index (κ1) is 18.6. The zero-order valence-corrected chi connectivity index (χ0v) is 16.6. The summed E-state index contributed by atoms with van der Waals surface area (Å²) in [5.74, 6) is 0.00685. The molecule has 2 heterocycles. The van der Waals surface area contributed by atoms with Crippen LogP contribution in [0.15, 0.2) is 59.5 Å². The third-order valence-corrected chi connectivity index (χ3v) is 5.43. The van der Waals surface area contributed by atoms with Crippen molar-refractivity contribution in [3.8, 4) is 11.3 Å². The van der Waals surface area contributed by atoms with Gasteiger partial charge in [-0.1, -0.05) is 29.8 Å². The molecule has 0 aliphatic carbocycles. The highest BCUT2D eigenvalue weighted by Gasteiger charge is 2.32. The second-order valence-electron chi connectivity index (χ2n) is 6.36. The van der Waals surface area contributed by atoms with Gasteiger partial charge in [0, 0.05) is 27.2 Å². The number of halogens is 1. The van der Waals surface area contributed by atoms with Gasteiger partial charge in [-0.3, -0.25) is 9.59 Å². The molecule has 0 unspecified atom stereocenters. The Kier molecular flexibility index (Phi) is 5.11. The average Bonchev–Trinajstić information content (AvgIpc) is 3.11. The van der Waals surface area contributed by atoms with Crippen LogP contribution in [0.2, 0.25) is 5.02 Å². The van der Waals surface area contributed by atoms with Crippen LogP contribution in [0.3, 0.4) is 0 Å². The summed E-state index contributed by atoms with van der Waals surface area (Å²) in [5.41, 5.74) is 2.21. The molecular weight excluding hydrogens is 396 g/mol. The second-order valence-corrected chi connectivity index (χ2v) is 7.67. The van der Waals surface area contributed by atoms with Crippen molar-refractivity contribution in [1.82, 2.24) is 9.78 Å². The lowest BCUT2D eigenvalue weighted by Crippen LogP contribution is -2.35. The van der Waals surface area contributed by atoms with E-state index in [1.165, 1.54) is 0 Å². The summed E-state index contributed by atoms with van der Waals surface area (Å²) in [6.45, 7) is 0. The van der Waals surface area contributed by atoms with Crippen LogP contribution in [-0.4, -0.2) is 27.9 Å². The maximum absolute atomic E-state index is 12.9. The number of aromatic nitrogens is 2. The topological polar surface area (TPSA) is 76.0 Å². The number of hydrogen-bond acceptors (Lipinski definition) is 4. The third-order valence-electron chi connectivity index (χ3n) is 4.46. The van der Waals surface area contributed by atoms with E-state index in [1.807, 2.05) is 42.7 Å². The van der Waals surface area contributed by atoms with Gasteiger partial charge in [0.25, 0.3) is 0 Å². The summed E-state index contributed by atoms with van der Waals surface area (Å²) in [6.07, 6.45) is 2.00. The molecule has 2 amide bonds. The Bertz CT molecular complexity index is 1050. The van der Waals surface area contributed by atoms with Crippen molar-refractivity contribution in [3.63, 3.8) is 0 Å². The molecule has 0 radical (unpaired) electrons. The number of amides is 2. The number of benzene rings is 2. The maximum atomic E-state index is 12.9. The molecule has 2 aromatic carbocycles. The lowest BCUT2D eigenvalue weighted by molar-refractivity contribution is -0.125. The monoisotopic (exact) mass is 412 g/mol. The van der Waals surface area contributed by atoms with Gasteiger partial charge in [0.05, 0.1) is 12.1 Å². The fraction of sp³-hybridized carbons (Fsp3) is 0.150. The summed E-state index contributed by atoms with van der Waals surface area (Å²) in [4.78, 5) is 26.1. The van der Waals surface area contributed by atoms with Crippen LogP contribution in [0.4, 0.5) is 11.5 Å². The van der Waals surface area contributed by atoms with Gasteiger partial charge in [0.15, 0.2) is 0 Å². The van der Waals surface area contributed by atoms with E-state index in [2.05, 4.69) is 15.7 Å². The zero-order chi connectivity index (χ0) is 19.7. The minimum Gasteiger partial charge on any atom is -0.324 e. The van der Waals surface area contributed by atoms with Crippen LogP contribution in [0.25, 0.3) is 11.3 Å². The number of fused-ring (bicyclic) bond motifs is 1. The van der Waals surface area contributed by atoms with E-state index in [-0.39, 0.29) is 18.2 Å². The molecule has 3 aromatic rings. The highest BCUT2D eigenvalue weighted by Crippen LogP contribution is 2.31. The molecule has 142 valence electrons. The van der Waals surface area contributed by atoms with E-state index in [9.17, 15) is 9.59 Å². The summed E-state index contributed by atoms with van der Waals surface area (Å²) < 4.78 is 1.57. The highest BCUT2D eigenvalue weighted by atomic mass is 35.5. The summed E-state index contributed by atoms with van der Waals surface area (Å²) >= 11 is 7.54. The van der Waals surface area contributed by atoms with Crippen LogP contribution in [0, 0.1) is 0 Å². The predicted molar refractivity (Wildman–Crippen MR) is 112 cm³/mol. The molecule has 0 saturated heterocycles. The Morgan fingerprint density at radius 2 is 2.04 bits per heavy atom. The molecule has 1 aliphatic rings. The Morgan fingerprint density at radius 1 is 1.25 bits per heavy atom. The fourth-order valence-corrected chi connectivity index (χ4v) is 3.66. The molecule has 6 nitrogen and oxygen atoms in total. The average molecular weight is 413 g/mol. The molecule has 28 heavy (non-hydrogen) atoms. The van der Waals surface area contributed by atoms with Crippen molar-refractivity contribution in [2.75, 3.05) is 16.9 Å². The number of hydrogen-bond donors (Lipinski definition) is 2. The minimum atomic E-state index is -0.720. The number of rotatable bonds is 4. The molecule has 1 atom stereocenters. The second kappa shape index (κ2) is 7.69. The van der Waals surface area contributed by atoms with Gasteiger partial charge >= 0.3 is 0 Å². The zero-order valence-electron chi connectivity index (χ0n) is 15.0. The van der Waals surface area contributed by atoms with Crippen LogP contribution < -0.4 is 10.6 Å². The molecule has 2 N–H and O–H groups in total. The first-order chi connectivity index (χ1) is 13.5. The Balaban J connectivity index is 1.63. The van der Waals surface area contributed by atoms with Gasteiger partial charge in [0.2, 0.25) is 11.8 Å². The quantitative estimate of drug-likeness (QED) is 0.621. The molecule has 0 fully saturated rings. The van der Waals surface area contributed by atoms with Gasteiger partial charge in [-0.2, -0.15) is 5.10 Å². The highest BCUT2D eigenvalue weighted by molar-refractivity contribution is 7.98. The molecule has 1 aromatic heterocycles. The summed E-state index contributed by atoms with van der Waals surface area (Å²) in [7, 11) is 0. The molecule has 1 aliphatic heterocycles. The van der Waals surface area contributed by atoms with Crippen molar-refractivity contribution < 1.29 is 9.59 Å². The standard InChI is InChI=1S/C20H17ClN4O2S/c1-28-15-4-2-3-14(9-15)22-20(27)17-11-19(26)23-18-10-16(24-25(17)18)12-5-7-13(21)8-6-12/h2-10,17H,11H2,1H3,(H,22,27)(H,23,26)/t17-/m1/s1. The smallest absolute Gasteiger partial charge is 0.249 e. The summed E-state index contributed by atoms with van der Waals surface area (Å²) in [6, 6.07) is 15.9. The molecule has 4 rings (SSSR count). The number of nitrogens with zero attached hydrogens (tertiary/aromatic N) is 2. The minimum absolute atomic E-state index is 0.0305. The lowest BCUT2D eigenvalue weighted by Gasteiger charge is -2.23. The van der Waals surface area contributed by atoms with Gasteiger partial charge in [-0.05, 0) is 36.6 Å². The molecule has 0 saturated carbocycles. The van der Waals surface area contributed by atoms with E-state index < -0.39 is 6.04 Å². The fourth-order valence-electron chi connectivity index (χ4n) is 3.07. The number of carbonyl (C=O) groups excluding carboxylic acids is 2.